The van der Waals surface area contributed by atoms with E-state index in [4.69, 9.17) is 9.26 Å². The van der Waals surface area contributed by atoms with Gasteiger partial charge >= 0.3 is 0 Å². The molecular weight excluding hydrogens is 356 g/mol. The quantitative estimate of drug-likeness (QED) is 0.468. The molecule has 0 spiro atoms. The number of fused-ring (bicyclic) bond motifs is 1. The van der Waals surface area contributed by atoms with Crippen LogP contribution in [0.5, 0.6) is 5.88 Å². The van der Waals surface area contributed by atoms with Crippen LogP contribution < -0.4 is 4.74 Å². The second kappa shape index (κ2) is 6.92. The zero-order chi connectivity index (χ0) is 18.8. The molecule has 5 rings (SSSR count). The summed E-state index contributed by atoms with van der Waals surface area (Å²) >= 11 is 0. The van der Waals surface area contributed by atoms with E-state index in [0.717, 1.165) is 16.8 Å². The highest BCUT2D eigenvalue weighted by Gasteiger charge is 2.15. The summed E-state index contributed by atoms with van der Waals surface area (Å²) in [5, 5.41) is 4.08. The number of hydrogen-bond donors (Lipinski definition) is 0. The van der Waals surface area contributed by atoms with Crippen LogP contribution in [0.2, 0.25) is 0 Å². The fourth-order valence-electron chi connectivity index (χ4n) is 2.81. The maximum absolute atomic E-state index is 5.77. The Kier molecular flexibility index (Phi) is 3.98. The van der Waals surface area contributed by atoms with Crippen molar-refractivity contribution in [3.8, 4) is 28.9 Å². The molecule has 5 aromatic rings. The molecule has 0 saturated carbocycles. The number of nitrogens with zero attached hydrogens (tertiary/aromatic N) is 6. The molecule has 0 aliphatic carbocycles. The van der Waals surface area contributed by atoms with E-state index in [-0.39, 0.29) is 0 Å². The van der Waals surface area contributed by atoms with Crippen molar-refractivity contribution < 1.29 is 9.26 Å². The lowest BCUT2D eigenvalue weighted by Crippen LogP contribution is -1.97. The van der Waals surface area contributed by atoms with Crippen molar-refractivity contribution in [2.24, 2.45) is 0 Å². The largest absolute Gasteiger partial charge is 0.473 e. The van der Waals surface area contributed by atoms with Crippen LogP contribution in [0.3, 0.4) is 0 Å². The van der Waals surface area contributed by atoms with Gasteiger partial charge in [-0.15, -0.1) is 0 Å². The van der Waals surface area contributed by atoms with Crippen LogP contribution in [0.4, 0.5) is 0 Å². The minimum Gasteiger partial charge on any atom is -0.473 e. The third kappa shape index (κ3) is 3.07. The van der Waals surface area contributed by atoms with Crippen molar-refractivity contribution in [2.45, 2.75) is 6.61 Å². The fourth-order valence-corrected chi connectivity index (χ4v) is 2.81. The van der Waals surface area contributed by atoms with Crippen molar-refractivity contribution in [3.05, 3.63) is 79.0 Å². The molecule has 4 aromatic heterocycles. The van der Waals surface area contributed by atoms with Crippen LogP contribution in [-0.2, 0) is 6.61 Å². The van der Waals surface area contributed by atoms with Gasteiger partial charge in [-0.3, -0.25) is 9.38 Å². The van der Waals surface area contributed by atoms with Crippen LogP contribution in [0.1, 0.15) is 5.56 Å². The summed E-state index contributed by atoms with van der Waals surface area (Å²) in [6, 6.07) is 13.5. The average molecular weight is 370 g/mol. The van der Waals surface area contributed by atoms with Gasteiger partial charge in [-0.25, -0.2) is 9.97 Å². The Morgan fingerprint density at radius 2 is 1.93 bits per heavy atom. The first-order valence-electron chi connectivity index (χ1n) is 8.61. The number of pyridine rings is 1. The molecule has 0 bridgehead atoms. The summed E-state index contributed by atoms with van der Waals surface area (Å²) in [6.07, 6.45) is 8.49. The lowest BCUT2D eigenvalue weighted by molar-refractivity contribution is 0.294. The van der Waals surface area contributed by atoms with E-state index in [1.165, 1.54) is 0 Å². The lowest BCUT2D eigenvalue weighted by atomic mass is 10.2. The predicted molar refractivity (Wildman–Crippen MR) is 100 cm³/mol. The molecule has 0 atom stereocenters. The van der Waals surface area contributed by atoms with Gasteiger partial charge in [0.05, 0.1) is 12.4 Å². The zero-order valence-electron chi connectivity index (χ0n) is 14.6. The van der Waals surface area contributed by atoms with Crippen LogP contribution in [-0.4, -0.2) is 29.5 Å². The van der Waals surface area contributed by atoms with Crippen molar-refractivity contribution in [2.75, 3.05) is 0 Å². The summed E-state index contributed by atoms with van der Waals surface area (Å²) in [4.78, 5) is 17.1. The minimum absolute atomic E-state index is 0.381. The van der Waals surface area contributed by atoms with Crippen LogP contribution in [0, 0.1) is 0 Å². The molecule has 4 heterocycles. The van der Waals surface area contributed by atoms with Crippen molar-refractivity contribution >= 4 is 5.65 Å². The highest BCUT2D eigenvalue weighted by atomic mass is 16.5. The molecule has 0 N–H and O–H groups in total. The molecule has 1 aromatic carbocycles. The molecule has 0 radical (unpaired) electrons. The monoisotopic (exact) mass is 370 g/mol. The SMILES string of the molecule is c1ccc(COc2cc(-c3nc(-c4cnc5cnccn45)no3)ccn2)cc1. The van der Waals surface area contributed by atoms with Gasteiger partial charge in [0, 0.05) is 30.2 Å². The van der Waals surface area contributed by atoms with Crippen LogP contribution in [0.25, 0.3) is 28.6 Å². The van der Waals surface area contributed by atoms with E-state index in [9.17, 15) is 0 Å². The minimum atomic E-state index is 0.381. The normalized spacial score (nSPS) is 11.0. The van der Waals surface area contributed by atoms with Gasteiger partial charge in [0.15, 0.2) is 5.65 Å². The van der Waals surface area contributed by atoms with Gasteiger partial charge in [-0.2, -0.15) is 4.98 Å². The third-order valence-electron chi connectivity index (χ3n) is 4.18. The van der Waals surface area contributed by atoms with Gasteiger partial charge in [-0.1, -0.05) is 35.5 Å². The maximum atomic E-state index is 5.77. The highest BCUT2D eigenvalue weighted by Crippen LogP contribution is 2.24. The summed E-state index contributed by atoms with van der Waals surface area (Å²) in [7, 11) is 0. The van der Waals surface area contributed by atoms with E-state index in [2.05, 4.69) is 25.1 Å². The van der Waals surface area contributed by atoms with Crippen molar-refractivity contribution in [1.29, 1.82) is 0 Å². The first kappa shape index (κ1) is 16.1. The Morgan fingerprint density at radius 3 is 2.86 bits per heavy atom. The first-order valence-corrected chi connectivity index (χ1v) is 8.61. The summed E-state index contributed by atoms with van der Waals surface area (Å²) in [6.45, 7) is 0.433. The van der Waals surface area contributed by atoms with Crippen molar-refractivity contribution in [1.82, 2.24) is 29.5 Å². The van der Waals surface area contributed by atoms with Crippen LogP contribution >= 0.6 is 0 Å². The second-order valence-electron chi connectivity index (χ2n) is 6.03. The Bertz CT molecular complexity index is 1230. The van der Waals surface area contributed by atoms with Crippen molar-refractivity contribution in [3.63, 3.8) is 0 Å². The maximum Gasteiger partial charge on any atom is 0.258 e. The Hall–Kier alpha value is -4.07. The van der Waals surface area contributed by atoms with E-state index >= 15 is 0 Å². The van der Waals surface area contributed by atoms with E-state index in [1.807, 2.05) is 34.7 Å². The van der Waals surface area contributed by atoms with Gasteiger partial charge < -0.3 is 9.26 Å². The Labute approximate surface area is 159 Å². The van der Waals surface area contributed by atoms with E-state index < -0.39 is 0 Å². The topological polar surface area (TPSA) is 91.2 Å². The molecule has 0 saturated heterocycles. The first-order chi connectivity index (χ1) is 13.9. The molecule has 0 fully saturated rings. The molecule has 8 heteroatoms. The van der Waals surface area contributed by atoms with E-state index in [1.54, 1.807) is 43.1 Å². The Morgan fingerprint density at radius 1 is 1.00 bits per heavy atom. The van der Waals surface area contributed by atoms with Gasteiger partial charge in [0.25, 0.3) is 5.89 Å². The summed E-state index contributed by atoms with van der Waals surface area (Å²) < 4.78 is 13.1. The van der Waals surface area contributed by atoms with Gasteiger partial charge in [0.2, 0.25) is 11.7 Å². The third-order valence-corrected chi connectivity index (χ3v) is 4.18. The molecule has 8 nitrogen and oxygen atoms in total. The molecule has 28 heavy (non-hydrogen) atoms. The number of rotatable bonds is 5. The predicted octanol–water partition coefficient (Wildman–Crippen LogP) is 3.42. The Balaban J connectivity index is 1.40. The molecular formula is C20H14N6O2. The molecule has 0 aliphatic heterocycles. The average Bonchev–Trinajstić information content (AvgIpc) is 3.40. The fraction of sp³-hybridized carbons (Fsp3) is 0.0500. The standard InChI is InChI=1S/C20H14N6O2/c1-2-4-14(5-3-1)13-27-18-10-15(6-7-22-18)20-24-19(25-28-20)16-11-23-17-12-21-8-9-26(16)17/h1-12H,13H2. The van der Waals surface area contributed by atoms with Gasteiger partial charge in [-0.05, 0) is 11.6 Å². The number of ether oxygens (including phenoxy) is 1. The molecule has 0 unspecified atom stereocenters. The van der Waals surface area contributed by atoms with Crippen LogP contribution in [0.15, 0.2) is 78.0 Å². The smallest absolute Gasteiger partial charge is 0.258 e. The molecule has 0 aliphatic rings. The summed E-state index contributed by atoms with van der Waals surface area (Å²) in [5.74, 6) is 1.31. The second-order valence-corrected chi connectivity index (χ2v) is 6.03. The highest BCUT2D eigenvalue weighted by molar-refractivity contribution is 5.60. The zero-order valence-corrected chi connectivity index (χ0v) is 14.6. The number of imidazole rings is 1. The number of benzene rings is 1. The van der Waals surface area contributed by atoms with E-state index in [0.29, 0.717) is 29.8 Å². The summed E-state index contributed by atoms with van der Waals surface area (Å²) in [5.41, 5.74) is 3.23. The number of aromatic nitrogens is 6. The van der Waals surface area contributed by atoms with Gasteiger partial charge in [0.1, 0.15) is 12.3 Å². The molecule has 136 valence electrons. The molecule has 0 amide bonds. The number of hydrogen-bond acceptors (Lipinski definition) is 7. The lowest BCUT2D eigenvalue weighted by Gasteiger charge is -2.05.